The van der Waals surface area contributed by atoms with E-state index >= 15 is 0 Å². The van der Waals surface area contributed by atoms with Crippen LogP contribution in [0.2, 0.25) is 0 Å². The predicted octanol–water partition coefficient (Wildman–Crippen LogP) is 2.03. The highest BCUT2D eigenvalue weighted by atomic mass is 16.4. The molecule has 1 saturated carbocycles. The summed E-state index contributed by atoms with van der Waals surface area (Å²) in [6.07, 6.45) is 6.85. The molecule has 1 amide bonds. The van der Waals surface area contributed by atoms with Crippen LogP contribution in [0.25, 0.3) is 0 Å². The van der Waals surface area contributed by atoms with E-state index < -0.39 is 11.4 Å². The van der Waals surface area contributed by atoms with E-state index in [9.17, 15) is 9.59 Å². The lowest BCUT2D eigenvalue weighted by atomic mass is 9.76. The standard InChI is InChI=1S/C17H28N2O3/c1-4-17(2,3)16(22)18-13-8-7-12-6-5-9-19(11-15(20)21)14(12)10-13/h4,12-14H,1,5-11H2,2-3H3,(H,18,22)(H,20,21). The number of carboxylic acids is 1. The van der Waals surface area contributed by atoms with Crippen molar-refractivity contribution in [1.29, 1.82) is 0 Å². The van der Waals surface area contributed by atoms with Crippen LogP contribution in [0.5, 0.6) is 0 Å². The number of fused-ring (bicyclic) bond motifs is 1. The van der Waals surface area contributed by atoms with Crippen molar-refractivity contribution in [1.82, 2.24) is 10.2 Å². The van der Waals surface area contributed by atoms with Gasteiger partial charge in [-0.15, -0.1) is 6.58 Å². The molecular weight excluding hydrogens is 280 g/mol. The van der Waals surface area contributed by atoms with Gasteiger partial charge in [0.15, 0.2) is 0 Å². The second-order valence-corrected chi connectivity index (χ2v) is 7.24. The predicted molar refractivity (Wildman–Crippen MR) is 85.5 cm³/mol. The molecule has 1 heterocycles. The third-order valence-corrected chi connectivity index (χ3v) is 5.21. The Morgan fingerprint density at radius 2 is 2.09 bits per heavy atom. The van der Waals surface area contributed by atoms with E-state index in [1.165, 1.54) is 6.42 Å². The van der Waals surface area contributed by atoms with E-state index in [2.05, 4.69) is 16.8 Å². The van der Waals surface area contributed by atoms with Crippen LogP contribution < -0.4 is 5.32 Å². The van der Waals surface area contributed by atoms with Gasteiger partial charge in [0.05, 0.1) is 12.0 Å². The summed E-state index contributed by atoms with van der Waals surface area (Å²) >= 11 is 0. The number of rotatable bonds is 5. The van der Waals surface area contributed by atoms with Gasteiger partial charge in [-0.3, -0.25) is 14.5 Å². The largest absolute Gasteiger partial charge is 0.480 e. The lowest BCUT2D eigenvalue weighted by molar-refractivity contribution is -0.140. The molecule has 0 aromatic rings. The molecule has 0 spiro atoms. The Morgan fingerprint density at radius 3 is 2.73 bits per heavy atom. The molecule has 1 aliphatic heterocycles. The Bertz CT molecular complexity index is 447. The van der Waals surface area contributed by atoms with Gasteiger partial charge in [-0.1, -0.05) is 6.08 Å². The highest BCUT2D eigenvalue weighted by Crippen LogP contribution is 2.35. The van der Waals surface area contributed by atoms with Crippen LogP contribution in [0.4, 0.5) is 0 Å². The average Bonchev–Trinajstić information content (AvgIpc) is 2.47. The Kier molecular flexibility index (Phi) is 5.27. The van der Waals surface area contributed by atoms with Gasteiger partial charge in [-0.05, 0) is 58.4 Å². The third-order valence-electron chi connectivity index (χ3n) is 5.21. The van der Waals surface area contributed by atoms with E-state index in [4.69, 9.17) is 5.11 Å². The molecule has 0 radical (unpaired) electrons. The number of hydrogen-bond acceptors (Lipinski definition) is 3. The van der Waals surface area contributed by atoms with Crippen molar-refractivity contribution in [2.75, 3.05) is 13.1 Å². The number of carbonyl (C=O) groups is 2. The number of likely N-dealkylation sites (tertiary alicyclic amines) is 1. The molecule has 3 atom stereocenters. The molecule has 2 aliphatic rings. The fourth-order valence-electron chi connectivity index (χ4n) is 3.68. The maximum absolute atomic E-state index is 12.3. The zero-order valence-electron chi connectivity index (χ0n) is 13.7. The molecule has 1 aliphatic carbocycles. The summed E-state index contributed by atoms with van der Waals surface area (Å²) in [6.45, 7) is 8.41. The van der Waals surface area contributed by atoms with E-state index in [0.29, 0.717) is 5.92 Å². The lowest BCUT2D eigenvalue weighted by Crippen LogP contribution is -2.54. The van der Waals surface area contributed by atoms with Crippen LogP contribution in [0.15, 0.2) is 12.7 Å². The minimum absolute atomic E-state index is 0.00606. The SMILES string of the molecule is C=CC(C)(C)C(=O)NC1CCC2CCCN(CC(=O)O)C2C1. The summed E-state index contributed by atoms with van der Waals surface area (Å²) in [4.78, 5) is 25.4. The number of aliphatic carboxylic acids is 1. The fraction of sp³-hybridized carbons (Fsp3) is 0.765. The quantitative estimate of drug-likeness (QED) is 0.763. The number of carbonyl (C=O) groups excluding carboxylic acids is 1. The Labute approximate surface area is 132 Å². The second-order valence-electron chi connectivity index (χ2n) is 7.24. The van der Waals surface area contributed by atoms with Crippen LogP contribution in [0.3, 0.4) is 0 Å². The molecule has 2 N–H and O–H groups in total. The van der Waals surface area contributed by atoms with Crippen molar-refractivity contribution >= 4 is 11.9 Å². The van der Waals surface area contributed by atoms with Crippen LogP contribution in [-0.4, -0.2) is 47.1 Å². The van der Waals surface area contributed by atoms with E-state index in [-0.39, 0.29) is 24.5 Å². The van der Waals surface area contributed by atoms with Crippen LogP contribution in [-0.2, 0) is 9.59 Å². The van der Waals surface area contributed by atoms with Gasteiger partial charge >= 0.3 is 5.97 Å². The third kappa shape index (κ3) is 3.88. The number of carboxylic acid groups (broad SMARTS) is 1. The first-order valence-corrected chi connectivity index (χ1v) is 8.24. The molecule has 124 valence electrons. The maximum atomic E-state index is 12.3. The highest BCUT2D eigenvalue weighted by molar-refractivity contribution is 5.83. The lowest BCUT2D eigenvalue weighted by Gasteiger charge is -2.46. The Morgan fingerprint density at radius 1 is 1.36 bits per heavy atom. The molecule has 2 fully saturated rings. The molecule has 5 nitrogen and oxygen atoms in total. The van der Waals surface area contributed by atoms with Crippen molar-refractivity contribution < 1.29 is 14.7 Å². The van der Waals surface area contributed by atoms with Crippen molar-refractivity contribution in [3.63, 3.8) is 0 Å². The molecule has 0 bridgehead atoms. The average molecular weight is 308 g/mol. The van der Waals surface area contributed by atoms with E-state index in [0.717, 1.165) is 32.2 Å². The normalized spacial score (nSPS) is 29.5. The summed E-state index contributed by atoms with van der Waals surface area (Å²) in [5.41, 5.74) is -0.565. The zero-order valence-corrected chi connectivity index (χ0v) is 13.7. The number of nitrogens with zero attached hydrogens (tertiary/aromatic N) is 1. The van der Waals surface area contributed by atoms with Crippen LogP contribution in [0.1, 0.15) is 46.0 Å². The summed E-state index contributed by atoms with van der Waals surface area (Å²) in [6, 6.07) is 0.429. The van der Waals surface area contributed by atoms with Crippen molar-refractivity contribution in [3.05, 3.63) is 12.7 Å². The number of piperidine rings is 1. The molecular formula is C17H28N2O3. The van der Waals surface area contributed by atoms with E-state index in [1.807, 2.05) is 13.8 Å². The first-order valence-electron chi connectivity index (χ1n) is 8.24. The van der Waals surface area contributed by atoms with Crippen molar-refractivity contribution in [3.8, 4) is 0 Å². The molecule has 0 aromatic heterocycles. The van der Waals surface area contributed by atoms with Gasteiger partial charge in [-0.25, -0.2) is 0 Å². The molecule has 1 saturated heterocycles. The number of hydrogen-bond donors (Lipinski definition) is 2. The Hall–Kier alpha value is -1.36. The topological polar surface area (TPSA) is 69.6 Å². The maximum Gasteiger partial charge on any atom is 0.317 e. The summed E-state index contributed by atoms with van der Waals surface area (Å²) in [5, 5.41) is 12.2. The first kappa shape index (κ1) is 17.0. The van der Waals surface area contributed by atoms with Gasteiger partial charge in [-0.2, -0.15) is 0 Å². The molecule has 5 heteroatoms. The minimum atomic E-state index is -0.764. The summed E-state index contributed by atoms with van der Waals surface area (Å²) in [7, 11) is 0. The number of nitrogens with one attached hydrogen (secondary N) is 1. The first-order chi connectivity index (χ1) is 10.3. The fourth-order valence-corrected chi connectivity index (χ4v) is 3.68. The van der Waals surface area contributed by atoms with E-state index in [1.54, 1.807) is 6.08 Å². The minimum Gasteiger partial charge on any atom is -0.480 e. The Balaban J connectivity index is 1.98. The smallest absolute Gasteiger partial charge is 0.317 e. The molecule has 3 unspecified atom stereocenters. The summed E-state index contributed by atoms with van der Waals surface area (Å²) in [5.74, 6) is -0.181. The van der Waals surface area contributed by atoms with Gasteiger partial charge in [0.25, 0.3) is 0 Å². The zero-order chi connectivity index (χ0) is 16.3. The monoisotopic (exact) mass is 308 g/mol. The summed E-state index contributed by atoms with van der Waals surface area (Å²) < 4.78 is 0. The van der Waals surface area contributed by atoms with Gasteiger partial charge < -0.3 is 10.4 Å². The van der Waals surface area contributed by atoms with Crippen LogP contribution >= 0.6 is 0 Å². The van der Waals surface area contributed by atoms with Gasteiger partial charge in [0.1, 0.15) is 0 Å². The second kappa shape index (κ2) is 6.82. The van der Waals surface area contributed by atoms with Gasteiger partial charge in [0.2, 0.25) is 5.91 Å². The number of amides is 1. The van der Waals surface area contributed by atoms with Gasteiger partial charge in [0, 0.05) is 12.1 Å². The highest BCUT2D eigenvalue weighted by Gasteiger charge is 2.38. The van der Waals surface area contributed by atoms with Crippen molar-refractivity contribution in [2.24, 2.45) is 11.3 Å². The molecule has 22 heavy (non-hydrogen) atoms. The van der Waals surface area contributed by atoms with Crippen LogP contribution in [0, 0.1) is 11.3 Å². The van der Waals surface area contributed by atoms with Crippen molar-refractivity contribution in [2.45, 2.75) is 58.0 Å². The molecule has 0 aromatic carbocycles. The molecule has 2 rings (SSSR count).